The Balaban J connectivity index is 1.73. The molecule has 0 radical (unpaired) electrons. The highest BCUT2D eigenvalue weighted by Crippen LogP contribution is 2.28. The van der Waals surface area contributed by atoms with Crippen molar-refractivity contribution in [1.82, 2.24) is 9.97 Å². The molecule has 6 heteroatoms. The van der Waals surface area contributed by atoms with Gasteiger partial charge in [0.05, 0.1) is 11.1 Å². The maximum atomic E-state index is 5.58. The van der Waals surface area contributed by atoms with Crippen molar-refractivity contribution in [2.45, 2.75) is 26.2 Å². The third-order valence-electron chi connectivity index (χ3n) is 2.87. The van der Waals surface area contributed by atoms with E-state index in [2.05, 4.69) is 43.5 Å². The summed E-state index contributed by atoms with van der Waals surface area (Å²) in [5.41, 5.74) is 0. The minimum Gasteiger partial charge on any atom is -0.379 e. The predicted molar refractivity (Wildman–Crippen MR) is 80.5 cm³/mol. The number of nitrogens with one attached hydrogen (secondary N) is 2. The summed E-state index contributed by atoms with van der Waals surface area (Å²) >= 11 is 3.44. The third kappa shape index (κ3) is 5.32. The van der Waals surface area contributed by atoms with Gasteiger partial charge in [-0.3, -0.25) is 0 Å². The Morgan fingerprint density at radius 1 is 1.37 bits per heavy atom. The molecule has 1 aliphatic rings. The lowest BCUT2D eigenvalue weighted by Crippen LogP contribution is -2.13. The van der Waals surface area contributed by atoms with Gasteiger partial charge in [0.15, 0.2) is 0 Å². The smallest absolute Gasteiger partial charge is 0.224 e. The highest BCUT2D eigenvalue weighted by molar-refractivity contribution is 9.10. The van der Waals surface area contributed by atoms with Crippen molar-refractivity contribution >= 4 is 27.7 Å². The van der Waals surface area contributed by atoms with E-state index < -0.39 is 0 Å². The summed E-state index contributed by atoms with van der Waals surface area (Å²) in [4.78, 5) is 8.63. The van der Waals surface area contributed by atoms with Crippen molar-refractivity contribution in [3.05, 3.63) is 10.7 Å². The zero-order valence-corrected chi connectivity index (χ0v) is 12.9. The van der Waals surface area contributed by atoms with Crippen molar-refractivity contribution in [2.75, 3.05) is 36.9 Å². The van der Waals surface area contributed by atoms with Crippen LogP contribution in [0.1, 0.15) is 26.2 Å². The van der Waals surface area contributed by atoms with E-state index in [4.69, 9.17) is 4.74 Å². The van der Waals surface area contributed by atoms with Gasteiger partial charge in [-0.25, -0.2) is 4.98 Å². The van der Waals surface area contributed by atoms with E-state index in [0.717, 1.165) is 42.3 Å². The zero-order valence-electron chi connectivity index (χ0n) is 11.3. The van der Waals surface area contributed by atoms with Crippen molar-refractivity contribution < 1.29 is 4.74 Å². The van der Waals surface area contributed by atoms with Gasteiger partial charge in [0.2, 0.25) is 5.95 Å². The van der Waals surface area contributed by atoms with Crippen molar-refractivity contribution in [3.63, 3.8) is 0 Å². The van der Waals surface area contributed by atoms with Gasteiger partial charge in [-0.1, -0.05) is 6.92 Å². The molecule has 1 saturated carbocycles. The molecule has 0 aliphatic heterocycles. The molecule has 19 heavy (non-hydrogen) atoms. The minimum atomic E-state index is 0.659. The molecule has 106 valence electrons. The summed E-state index contributed by atoms with van der Waals surface area (Å²) in [6, 6.07) is 0. The molecule has 0 saturated heterocycles. The molecule has 1 aromatic rings. The molecule has 0 atom stereocenters. The van der Waals surface area contributed by atoms with Gasteiger partial charge in [-0.05, 0) is 41.1 Å². The molecule has 1 aliphatic carbocycles. The van der Waals surface area contributed by atoms with Crippen LogP contribution < -0.4 is 10.6 Å². The lowest BCUT2D eigenvalue weighted by molar-refractivity contribution is 0.134. The molecule has 1 fully saturated rings. The van der Waals surface area contributed by atoms with Crippen LogP contribution in [0.4, 0.5) is 11.8 Å². The molecular formula is C13H21BrN4O. The van der Waals surface area contributed by atoms with E-state index >= 15 is 0 Å². The van der Waals surface area contributed by atoms with Gasteiger partial charge in [-0.15, -0.1) is 0 Å². The second kappa shape index (κ2) is 7.65. The first-order valence-corrected chi connectivity index (χ1v) is 7.67. The molecule has 0 bridgehead atoms. The molecule has 2 rings (SSSR count). The summed E-state index contributed by atoms with van der Waals surface area (Å²) in [5, 5.41) is 6.43. The summed E-state index contributed by atoms with van der Waals surface area (Å²) in [5.74, 6) is 2.28. The number of anilines is 2. The average Bonchev–Trinajstić information content (AvgIpc) is 3.23. The Labute approximate surface area is 122 Å². The summed E-state index contributed by atoms with van der Waals surface area (Å²) in [7, 11) is 0. The fourth-order valence-corrected chi connectivity index (χ4v) is 1.92. The number of ether oxygens (including phenoxy) is 1. The van der Waals surface area contributed by atoms with Gasteiger partial charge in [0, 0.05) is 25.9 Å². The molecule has 5 nitrogen and oxygen atoms in total. The highest BCUT2D eigenvalue weighted by Gasteiger charge is 2.20. The van der Waals surface area contributed by atoms with Crippen LogP contribution >= 0.6 is 15.9 Å². The standard InChI is InChI=1S/C13H21BrN4O/c1-2-5-16-13-17-8-11(14)12(18-13)15-6-7-19-9-10-3-4-10/h8,10H,2-7,9H2,1H3,(H2,15,16,17,18). The zero-order chi connectivity index (χ0) is 13.5. The fraction of sp³-hybridized carbons (Fsp3) is 0.692. The molecule has 1 aromatic heterocycles. The Kier molecular flexibility index (Phi) is 5.85. The first kappa shape index (κ1) is 14.5. The second-order valence-electron chi connectivity index (χ2n) is 4.76. The minimum absolute atomic E-state index is 0.659. The fourth-order valence-electron chi connectivity index (χ4n) is 1.59. The largest absolute Gasteiger partial charge is 0.379 e. The quantitative estimate of drug-likeness (QED) is 0.682. The number of rotatable bonds is 9. The number of hydrogen-bond acceptors (Lipinski definition) is 5. The van der Waals surface area contributed by atoms with E-state index in [-0.39, 0.29) is 0 Å². The lowest BCUT2D eigenvalue weighted by atomic mass is 10.5. The van der Waals surface area contributed by atoms with Crippen LogP contribution in [0.2, 0.25) is 0 Å². The predicted octanol–water partition coefficient (Wildman–Crippen LogP) is 2.90. The SMILES string of the molecule is CCCNc1ncc(Br)c(NCCOCC2CC2)n1. The molecular weight excluding hydrogens is 308 g/mol. The maximum absolute atomic E-state index is 5.58. The monoisotopic (exact) mass is 328 g/mol. The van der Waals surface area contributed by atoms with Gasteiger partial charge < -0.3 is 15.4 Å². The van der Waals surface area contributed by atoms with E-state index in [0.29, 0.717) is 12.6 Å². The van der Waals surface area contributed by atoms with Gasteiger partial charge in [-0.2, -0.15) is 4.98 Å². The van der Waals surface area contributed by atoms with Crippen molar-refractivity contribution in [1.29, 1.82) is 0 Å². The van der Waals surface area contributed by atoms with Gasteiger partial charge >= 0.3 is 0 Å². The van der Waals surface area contributed by atoms with Crippen LogP contribution in [0.15, 0.2) is 10.7 Å². The van der Waals surface area contributed by atoms with Crippen LogP contribution in [0.3, 0.4) is 0 Å². The van der Waals surface area contributed by atoms with Gasteiger partial charge in [0.25, 0.3) is 0 Å². The van der Waals surface area contributed by atoms with E-state index in [1.165, 1.54) is 12.8 Å². The van der Waals surface area contributed by atoms with Gasteiger partial charge in [0.1, 0.15) is 5.82 Å². The first-order valence-electron chi connectivity index (χ1n) is 6.87. The summed E-state index contributed by atoms with van der Waals surface area (Å²) in [6.45, 7) is 5.37. The summed E-state index contributed by atoms with van der Waals surface area (Å²) in [6.07, 6.45) is 5.48. The normalized spacial score (nSPS) is 14.4. The van der Waals surface area contributed by atoms with E-state index in [1.807, 2.05) is 0 Å². The Bertz CT molecular complexity index is 398. The molecule has 0 aromatic carbocycles. The second-order valence-corrected chi connectivity index (χ2v) is 5.62. The number of aromatic nitrogens is 2. The Morgan fingerprint density at radius 3 is 2.95 bits per heavy atom. The molecule has 2 N–H and O–H groups in total. The molecule has 1 heterocycles. The van der Waals surface area contributed by atoms with Crippen molar-refractivity contribution in [2.24, 2.45) is 5.92 Å². The first-order chi connectivity index (χ1) is 9.29. The van der Waals surface area contributed by atoms with Crippen molar-refractivity contribution in [3.8, 4) is 0 Å². The Morgan fingerprint density at radius 2 is 2.21 bits per heavy atom. The number of halogens is 1. The highest BCUT2D eigenvalue weighted by atomic mass is 79.9. The molecule has 0 spiro atoms. The van der Waals surface area contributed by atoms with Crippen LogP contribution in [0, 0.1) is 5.92 Å². The van der Waals surface area contributed by atoms with Crippen LogP contribution in [0.25, 0.3) is 0 Å². The number of hydrogen-bond donors (Lipinski definition) is 2. The Hall–Kier alpha value is -0.880. The van der Waals surface area contributed by atoms with Crippen LogP contribution in [0.5, 0.6) is 0 Å². The topological polar surface area (TPSA) is 59.1 Å². The van der Waals surface area contributed by atoms with Crippen LogP contribution in [-0.2, 0) is 4.74 Å². The maximum Gasteiger partial charge on any atom is 0.224 e. The summed E-state index contributed by atoms with van der Waals surface area (Å²) < 4.78 is 6.45. The van der Waals surface area contributed by atoms with E-state index in [9.17, 15) is 0 Å². The lowest BCUT2D eigenvalue weighted by Gasteiger charge is -2.10. The van der Waals surface area contributed by atoms with Crippen LogP contribution in [-0.4, -0.2) is 36.3 Å². The molecule has 0 unspecified atom stereocenters. The van der Waals surface area contributed by atoms with E-state index in [1.54, 1.807) is 6.20 Å². The number of nitrogens with zero attached hydrogens (tertiary/aromatic N) is 2. The molecule has 0 amide bonds. The third-order valence-corrected chi connectivity index (χ3v) is 3.45. The average molecular weight is 329 g/mol.